The predicted molar refractivity (Wildman–Crippen MR) is 99.5 cm³/mol. The highest BCUT2D eigenvalue weighted by Gasteiger charge is 2.20. The van der Waals surface area contributed by atoms with Crippen molar-refractivity contribution < 1.29 is 18.7 Å². The fourth-order valence-electron chi connectivity index (χ4n) is 2.54. The smallest absolute Gasteiger partial charge is 0.277 e. The molecule has 0 spiro atoms. The van der Waals surface area contributed by atoms with Crippen molar-refractivity contribution in [3.8, 4) is 23.0 Å². The van der Waals surface area contributed by atoms with E-state index in [0.29, 0.717) is 29.2 Å². The minimum atomic E-state index is -0.362. The van der Waals surface area contributed by atoms with Crippen LogP contribution < -0.4 is 14.8 Å². The van der Waals surface area contributed by atoms with Gasteiger partial charge in [-0.05, 0) is 30.7 Å². The molecule has 8 heteroatoms. The van der Waals surface area contributed by atoms with Gasteiger partial charge < -0.3 is 19.2 Å². The van der Waals surface area contributed by atoms with E-state index >= 15 is 0 Å². The van der Waals surface area contributed by atoms with Gasteiger partial charge in [-0.2, -0.15) is 0 Å². The lowest BCUT2D eigenvalue weighted by Crippen LogP contribution is -2.30. The summed E-state index contributed by atoms with van der Waals surface area (Å²) in [4.78, 5) is 12.3. The highest BCUT2D eigenvalue weighted by atomic mass is 32.2. The third-order valence-corrected chi connectivity index (χ3v) is 4.92. The van der Waals surface area contributed by atoms with Crippen molar-refractivity contribution in [3.63, 3.8) is 0 Å². The molecule has 1 amide bonds. The standard InChI is InChI=1S/C19H17N3O4S/c1-12(17(23)20-10-13-5-3-2-4-6-13)27-19-22-21-18(26-19)14-7-8-15-16(9-14)25-11-24-15/h2-9,12H,10-11H2,1H3,(H,20,23)/t12-/m1/s1. The van der Waals surface area contributed by atoms with Crippen molar-refractivity contribution in [3.05, 3.63) is 54.1 Å². The van der Waals surface area contributed by atoms with E-state index < -0.39 is 0 Å². The molecule has 0 bridgehead atoms. The Kier molecular flexibility index (Phi) is 4.97. The van der Waals surface area contributed by atoms with Crippen molar-refractivity contribution in [2.45, 2.75) is 23.9 Å². The quantitative estimate of drug-likeness (QED) is 0.654. The monoisotopic (exact) mass is 383 g/mol. The highest BCUT2D eigenvalue weighted by Crippen LogP contribution is 2.36. The summed E-state index contributed by atoms with van der Waals surface area (Å²) in [5, 5.41) is 11.0. The van der Waals surface area contributed by atoms with Crippen molar-refractivity contribution in [2.75, 3.05) is 6.79 Å². The number of hydrogen-bond acceptors (Lipinski definition) is 7. The zero-order valence-electron chi connectivity index (χ0n) is 14.5. The molecule has 0 radical (unpaired) electrons. The first-order chi connectivity index (χ1) is 13.2. The Morgan fingerprint density at radius 3 is 2.81 bits per heavy atom. The zero-order valence-corrected chi connectivity index (χ0v) is 15.4. The summed E-state index contributed by atoms with van der Waals surface area (Å²) in [5.41, 5.74) is 1.78. The van der Waals surface area contributed by atoms with E-state index in [1.165, 1.54) is 11.8 Å². The van der Waals surface area contributed by atoms with Gasteiger partial charge in [-0.1, -0.05) is 42.1 Å². The molecule has 0 fully saturated rings. The maximum absolute atomic E-state index is 12.3. The Balaban J connectivity index is 1.36. The van der Waals surface area contributed by atoms with E-state index in [0.717, 1.165) is 11.1 Å². The van der Waals surface area contributed by atoms with Gasteiger partial charge in [0.25, 0.3) is 5.22 Å². The number of thioether (sulfide) groups is 1. The van der Waals surface area contributed by atoms with Crippen molar-refractivity contribution in [1.29, 1.82) is 0 Å². The molecule has 1 aliphatic rings. The normalized spacial score (nSPS) is 13.4. The van der Waals surface area contributed by atoms with Gasteiger partial charge in [0, 0.05) is 12.1 Å². The number of amides is 1. The van der Waals surface area contributed by atoms with Crippen LogP contribution in [0.5, 0.6) is 11.5 Å². The number of nitrogens with one attached hydrogen (secondary N) is 1. The predicted octanol–water partition coefficient (Wildman–Crippen LogP) is 3.26. The summed E-state index contributed by atoms with van der Waals surface area (Å²) in [6.45, 7) is 2.49. The van der Waals surface area contributed by atoms with E-state index in [4.69, 9.17) is 13.9 Å². The second-order valence-electron chi connectivity index (χ2n) is 5.90. The van der Waals surface area contributed by atoms with Crippen LogP contribution in [0, 0.1) is 0 Å². The van der Waals surface area contributed by atoms with Gasteiger partial charge >= 0.3 is 0 Å². The molecule has 2 heterocycles. The molecule has 0 saturated heterocycles. The number of aromatic nitrogens is 2. The summed E-state index contributed by atoms with van der Waals surface area (Å²) in [7, 11) is 0. The molecule has 0 saturated carbocycles. The minimum absolute atomic E-state index is 0.0910. The fraction of sp³-hybridized carbons (Fsp3) is 0.211. The second kappa shape index (κ2) is 7.71. The molecule has 0 unspecified atom stereocenters. The lowest BCUT2D eigenvalue weighted by molar-refractivity contribution is -0.120. The molecule has 4 rings (SSSR count). The number of carbonyl (C=O) groups is 1. The van der Waals surface area contributed by atoms with Gasteiger partial charge in [-0.25, -0.2) is 0 Å². The number of carbonyl (C=O) groups excluding carboxylic acids is 1. The van der Waals surface area contributed by atoms with Crippen LogP contribution in [0.15, 0.2) is 58.2 Å². The Labute approximate surface area is 160 Å². The van der Waals surface area contributed by atoms with Crippen LogP contribution in [0.25, 0.3) is 11.5 Å². The molecule has 138 valence electrons. The molecule has 0 aliphatic carbocycles. The summed E-state index contributed by atoms with van der Waals surface area (Å²) >= 11 is 1.22. The number of ether oxygens (including phenoxy) is 2. The van der Waals surface area contributed by atoms with E-state index in [1.807, 2.05) is 36.4 Å². The van der Waals surface area contributed by atoms with E-state index in [2.05, 4.69) is 15.5 Å². The minimum Gasteiger partial charge on any atom is -0.454 e. The van der Waals surface area contributed by atoms with Crippen LogP contribution >= 0.6 is 11.8 Å². The zero-order chi connectivity index (χ0) is 18.6. The van der Waals surface area contributed by atoms with Gasteiger partial charge in [-0.3, -0.25) is 4.79 Å². The molecule has 7 nitrogen and oxygen atoms in total. The van der Waals surface area contributed by atoms with Gasteiger partial charge in [-0.15, -0.1) is 10.2 Å². The number of benzene rings is 2. The maximum atomic E-state index is 12.3. The first-order valence-electron chi connectivity index (χ1n) is 8.41. The van der Waals surface area contributed by atoms with Crippen molar-refractivity contribution in [2.24, 2.45) is 0 Å². The number of nitrogens with zero attached hydrogens (tertiary/aromatic N) is 2. The van der Waals surface area contributed by atoms with Crippen molar-refractivity contribution in [1.82, 2.24) is 15.5 Å². The number of fused-ring (bicyclic) bond motifs is 1. The largest absolute Gasteiger partial charge is 0.454 e. The topological polar surface area (TPSA) is 86.5 Å². The van der Waals surface area contributed by atoms with Crippen LogP contribution in [-0.4, -0.2) is 28.1 Å². The van der Waals surface area contributed by atoms with Gasteiger partial charge in [0.15, 0.2) is 11.5 Å². The molecule has 3 aromatic rings. The molecule has 2 aromatic carbocycles. The lowest BCUT2D eigenvalue weighted by atomic mass is 10.2. The molecule has 1 aliphatic heterocycles. The Bertz CT molecular complexity index is 945. The van der Waals surface area contributed by atoms with Crippen molar-refractivity contribution >= 4 is 17.7 Å². The third-order valence-electron chi connectivity index (χ3n) is 3.98. The van der Waals surface area contributed by atoms with E-state index in [9.17, 15) is 4.79 Å². The second-order valence-corrected chi connectivity index (χ2v) is 7.20. The summed E-state index contributed by atoms with van der Waals surface area (Å²) < 4.78 is 16.3. The van der Waals surface area contributed by atoms with Gasteiger partial charge in [0.2, 0.25) is 18.6 Å². The Morgan fingerprint density at radius 1 is 1.15 bits per heavy atom. The maximum Gasteiger partial charge on any atom is 0.277 e. The highest BCUT2D eigenvalue weighted by molar-refractivity contribution is 8.00. The Hall–Kier alpha value is -3.00. The average molecular weight is 383 g/mol. The third kappa shape index (κ3) is 4.06. The summed E-state index contributed by atoms with van der Waals surface area (Å²) in [6, 6.07) is 15.2. The fourth-order valence-corrected chi connectivity index (χ4v) is 3.24. The van der Waals surface area contributed by atoms with Gasteiger partial charge in [0.1, 0.15) is 0 Å². The lowest BCUT2D eigenvalue weighted by Gasteiger charge is -2.09. The SMILES string of the molecule is C[C@@H](Sc1nnc(-c2ccc3c(c2)OCO3)o1)C(=O)NCc1ccccc1. The molecule has 27 heavy (non-hydrogen) atoms. The van der Waals surface area contributed by atoms with Crippen LogP contribution in [0.3, 0.4) is 0 Å². The summed E-state index contributed by atoms with van der Waals surface area (Å²) in [6.07, 6.45) is 0. The van der Waals surface area contributed by atoms with Crippen LogP contribution in [0.2, 0.25) is 0 Å². The average Bonchev–Trinajstić information content (AvgIpc) is 3.35. The molecule has 1 aromatic heterocycles. The van der Waals surface area contributed by atoms with E-state index in [1.54, 1.807) is 19.1 Å². The number of rotatable bonds is 6. The summed E-state index contributed by atoms with van der Waals surface area (Å²) in [5.74, 6) is 1.62. The first kappa shape index (κ1) is 17.4. The molecular formula is C19H17N3O4S. The number of hydrogen-bond donors (Lipinski definition) is 1. The van der Waals surface area contributed by atoms with Crippen LogP contribution in [0.1, 0.15) is 12.5 Å². The van der Waals surface area contributed by atoms with Gasteiger partial charge in [0.05, 0.1) is 5.25 Å². The molecule has 1 atom stereocenters. The van der Waals surface area contributed by atoms with E-state index in [-0.39, 0.29) is 18.0 Å². The molecular weight excluding hydrogens is 366 g/mol. The molecule has 1 N–H and O–H groups in total. The first-order valence-corrected chi connectivity index (χ1v) is 9.29. The Morgan fingerprint density at radius 2 is 1.96 bits per heavy atom. The van der Waals surface area contributed by atoms with Crippen LogP contribution in [0.4, 0.5) is 0 Å². The van der Waals surface area contributed by atoms with Crippen LogP contribution in [-0.2, 0) is 11.3 Å².